The van der Waals surface area contributed by atoms with Gasteiger partial charge in [-0.25, -0.2) is 9.97 Å². The maximum atomic E-state index is 12.4. The molecular weight excluding hydrogens is 330 g/mol. The van der Waals surface area contributed by atoms with Crippen LogP contribution in [-0.2, 0) is 4.79 Å². The highest BCUT2D eigenvalue weighted by molar-refractivity contribution is 6.04. The molecule has 0 saturated carbocycles. The summed E-state index contributed by atoms with van der Waals surface area (Å²) in [5.41, 5.74) is 1.96. The number of nitrogens with zero attached hydrogens (tertiary/aromatic N) is 4. The molecule has 0 radical (unpaired) electrons. The zero-order chi connectivity index (χ0) is 17.9. The van der Waals surface area contributed by atoms with E-state index in [2.05, 4.69) is 15.3 Å². The lowest BCUT2D eigenvalue weighted by Gasteiger charge is -2.15. The summed E-state index contributed by atoms with van der Waals surface area (Å²) in [6, 6.07) is 10.7. The summed E-state index contributed by atoms with van der Waals surface area (Å²) in [6.07, 6.45) is 8.20. The van der Waals surface area contributed by atoms with E-state index in [4.69, 9.17) is 0 Å². The average Bonchev–Trinajstić information content (AvgIpc) is 3.34. The summed E-state index contributed by atoms with van der Waals surface area (Å²) < 4.78 is 1.78. The van der Waals surface area contributed by atoms with E-state index in [0.717, 1.165) is 24.5 Å². The first-order valence-corrected chi connectivity index (χ1v) is 8.37. The fourth-order valence-electron chi connectivity index (χ4n) is 2.92. The Morgan fingerprint density at radius 3 is 2.58 bits per heavy atom. The molecule has 2 amide bonds. The standard InChI is InChI=1S/C19H17N5O2/c25-18-2-1-10-24(18)16-6-3-14(4-7-16)19(26)22-15-5-8-17(21-12-15)23-11-9-20-13-23/h3-9,11-13H,1-2,10H2,(H,22,26). The number of rotatable bonds is 4. The van der Waals surface area contributed by atoms with E-state index in [-0.39, 0.29) is 11.8 Å². The molecule has 26 heavy (non-hydrogen) atoms. The lowest BCUT2D eigenvalue weighted by atomic mass is 10.2. The lowest BCUT2D eigenvalue weighted by molar-refractivity contribution is -0.117. The number of hydrogen-bond donors (Lipinski definition) is 1. The Hall–Kier alpha value is -3.48. The van der Waals surface area contributed by atoms with Crippen LogP contribution in [0.4, 0.5) is 11.4 Å². The molecule has 0 atom stereocenters. The van der Waals surface area contributed by atoms with E-state index in [1.165, 1.54) is 0 Å². The predicted octanol–water partition coefficient (Wildman–Crippen LogP) is 2.65. The van der Waals surface area contributed by atoms with Crippen LogP contribution in [0.2, 0.25) is 0 Å². The maximum Gasteiger partial charge on any atom is 0.255 e. The molecule has 130 valence electrons. The molecule has 3 aromatic rings. The molecule has 1 aliphatic rings. The zero-order valence-corrected chi connectivity index (χ0v) is 14.0. The van der Waals surface area contributed by atoms with Crippen molar-refractivity contribution in [2.45, 2.75) is 12.8 Å². The van der Waals surface area contributed by atoms with Crippen molar-refractivity contribution in [3.8, 4) is 5.82 Å². The Morgan fingerprint density at radius 1 is 1.12 bits per heavy atom. The largest absolute Gasteiger partial charge is 0.321 e. The van der Waals surface area contributed by atoms with Gasteiger partial charge in [-0.05, 0) is 42.8 Å². The lowest BCUT2D eigenvalue weighted by Crippen LogP contribution is -2.23. The number of amides is 2. The van der Waals surface area contributed by atoms with Crippen LogP contribution in [0.5, 0.6) is 0 Å². The van der Waals surface area contributed by atoms with Gasteiger partial charge in [0.15, 0.2) is 0 Å². The van der Waals surface area contributed by atoms with Gasteiger partial charge in [-0.2, -0.15) is 0 Å². The second-order valence-electron chi connectivity index (χ2n) is 6.02. The summed E-state index contributed by atoms with van der Waals surface area (Å²) in [5, 5.41) is 2.82. The summed E-state index contributed by atoms with van der Waals surface area (Å²) in [6.45, 7) is 0.735. The minimum atomic E-state index is -0.221. The van der Waals surface area contributed by atoms with E-state index in [9.17, 15) is 9.59 Å². The van der Waals surface area contributed by atoms with Gasteiger partial charge in [0.05, 0.1) is 11.9 Å². The van der Waals surface area contributed by atoms with Crippen LogP contribution in [0.15, 0.2) is 61.3 Å². The van der Waals surface area contributed by atoms with Gasteiger partial charge in [-0.3, -0.25) is 14.2 Å². The van der Waals surface area contributed by atoms with Crippen molar-refractivity contribution in [1.82, 2.24) is 14.5 Å². The number of anilines is 2. The van der Waals surface area contributed by atoms with E-state index in [0.29, 0.717) is 17.7 Å². The summed E-state index contributed by atoms with van der Waals surface area (Å²) in [7, 11) is 0. The number of aromatic nitrogens is 3. The molecular formula is C19H17N5O2. The van der Waals surface area contributed by atoms with Gasteiger partial charge in [-0.15, -0.1) is 0 Å². The molecule has 2 aromatic heterocycles. The quantitative estimate of drug-likeness (QED) is 0.787. The molecule has 1 aromatic carbocycles. The fraction of sp³-hybridized carbons (Fsp3) is 0.158. The molecule has 7 heteroatoms. The van der Waals surface area contributed by atoms with E-state index in [1.807, 2.05) is 0 Å². The van der Waals surface area contributed by atoms with Crippen molar-refractivity contribution in [2.75, 3.05) is 16.8 Å². The van der Waals surface area contributed by atoms with Crippen molar-refractivity contribution in [3.05, 3.63) is 66.9 Å². The van der Waals surface area contributed by atoms with Gasteiger partial charge in [-0.1, -0.05) is 0 Å². The molecule has 7 nitrogen and oxygen atoms in total. The molecule has 3 heterocycles. The summed E-state index contributed by atoms with van der Waals surface area (Å²) >= 11 is 0. The van der Waals surface area contributed by atoms with Crippen LogP contribution >= 0.6 is 0 Å². The molecule has 0 aliphatic carbocycles. The van der Waals surface area contributed by atoms with Crippen LogP contribution in [0.1, 0.15) is 23.2 Å². The Morgan fingerprint density at radius 2 is 1.96 bits per heavy atom. The Kier molecular flexibility index (Phi) is 4.18. The Balaban J connectivity index is 1.43. The van der Waals surface area contributed by atoms with Gasteiger partial charge >= 0.3 is 0 Å². The van der Waals surface area contributed by atoms with Gasteiger partial charge in [0.25, 0.3) is 5.91 Å². The third kappa shape index (κ3) is 3.19. The second kappa shape index (κ2) is 6.79. The molecule has 4 rings (SSSR count). The Bertz CT molecular complexity index is 918. The second-order valence-corrected chi connectivity index (χ2v) is 6.02. The Labute approximate surface area is 150 Å². The summed E-state index contributed by atoms with van der Waals surface area (Å²) in [5.74, 6) is 0.632. The van der Waals surface area contributed by atoms with Crippen molar-refractivity contribution >= 4 is 23.2 Å². The number of carbonyl (C=O) groups is 2. The highest BCUT2D eigenvalue weighted by Gasteiger charge is 2.21. The molecule has 0 bridgehead atoms. The van der Waals surface area contributed by atoms with Crippen molar-refractivity contribution in [2.24, 2.45) is 0 Å². The first-order valence-electron chi connectivity index (χ1n) is 8.37. The minimum Gasteiger partial charge on any atom is -0.321 e. The topological polar surface area (TPSA) is 80.1 Å². The van der Waals surface area contributed by atoms with Gasteiger partial charge < -0.3 is 10.2 Å². The summed E-state index contributed by atoms with van der Waals surface area (Å²) in [4.78, 5) is 34.2. The zero-order valence-electron chi connectivity index (χ0n) is 14.0. The highest BCUT2D eigenvalue weighted by Crippen LogP contribution is 2.22. The van der Waals surface area contributed by atoms with Gasteiger partial charge in [0.1, 0.15) is 12.1 Å². The molecule has 1 N–H and O–H groups in total. The van der Waals surface area contributed by atoms with Gasteiger partial charge in [0, 0.05) is 36.6 Å². The van der Waals surface area contributed by atoms with Crippen LogP contribution in [0.25, 0.3) is 5.82 Å². The van der Waals surface area contributed by atoms with Crippen LogP contribution in [0, 0.1) is 0 Å². The van der Waals surface area contributed by atoms with Gasteiger partial charge in [0.2, 0.25) is 5.91 Å². The predicted molar refractivity (Wildman–Crippen MR) is 97.3 cm³/mol. The number of imidazole rings is 1. The third-order valence-corrected chi connectivity index (χ3v) is 4.29. The first-order chi connectivity index (χ1) is 12.7. The minimum absolute atomic E-state index is 0.131. The van der Waals surface area contributed by atoms with E-state index >= 15 is 0 Å². The number of pyridine rings is 1. The van der Waals surface area contributed by atoms with Crippen molar-refractivity contribution in [3.63, 3.8) is 0 Å². The highest BCUT2D eigenvalue weighted by atomic mass is 16.2. The van der Waals surface area contributed by atoms with E-state index < -0.39 is 0 Å². The van der Waals surface area contributed by atoms with Crippen LogP contribution in [0.3, 0.4) is 0 Å². The average molecular weight is 347 g/mol. The number of hydrogen-bond acceptors (Lipinski definition) is 4. The SMILES string of the molecule is O=C(Nc1ccc(-n2ccnc2)nc1)c1ccc(N2CCCC2=O)cc1. The third-order valence-electron chi connectivity index (χ3n) is 4.29. The monoisotopic (exact) mass is 347 g/mol. The normalized spacial score (nSPS) is 13.8. The van der Waals surface area contributed by atoms with Crippen molar-refractivity contribution in [1.29, 1.82) is 0 Å². The molecule has 1 aliphatic heterocycles. The molecule has 0 unspecified atom stereocenters. The number of nitrogens with one attached hydrogen (secondary N) is 1. The van der Waals surface area contributed by atoms with Crippen LogP contribution in [-0.4, -0.2) is 32.9 Å². The molecule has 1 fully saturated rings. The first kappa shape index (κ1) is 16.0. The fourth-order valence-corrected chi connectivity index (χ4v) is 2.92. The number of carbonyl (C=O) groups excluding carboxylic acids is 2. The van der Waals surface area contributed by atoms with E-state index in [1.54, 1.807) is 70.8 Å². The molecule has 0 spiro atoms. The maximum absolute atomic E-state index is 12.4. The number of benzene rings is 1. The van der Waals surface area contributed by atoms with Crippen molar-refractivity contribution < 1.29 is 9.59 Å². The smallest absolute Gasteiger partial charge is 0.255 e. The van der Waals surface area contributed by atoms with Crippen LogP contribution < -0.4 is 10.2 Å². The molecule has 1 saturated heterocycles.